The number of nitrogen functional groups attached to an aromatic ring is 1. The lowest BCUT2D eigenvalue weighted by atomic mass is 10.1. The second-order valence-electron chi connectivity index (χ2n) is 4.70. The van der Waals surface area contributed by atoms with Crippen LogP contribution in [0.5, 0.6) is 0 Å². The lowest BCUT2D eigenvalue weighted by molar-refractivity contribution is 0.253. The molecule has 2 aromatic rings. The van der Waals surface area contributed by atoms with Crippen molar-refractivity contribution in [2.75, 3.05) is 12.8 Å². The summed E-state index contributed by atoms with van der Waals surface area (Å²) in [6.45, 7) is 2.95. The first-order valence-corrected chi connectivity index (χ1v) is 6.61. The van der Waals surface area contributed by atoms with E-state index in [-0.39, 0.29) is 6.04 Å². The van der Waals surface area contributed by atoms with Gasteiger partial charge in [-0.1, -0.05) is 35.9 Å². The van der Waals surface area contributed by atoms with Gasteiger partial charge in [0.05, 0.1) is 0 Å². The van der Waals surface area contributed by atoms with Crippen LogP contribution in [0.2, 0.25) is 5.02 Å². The van der Waals surface area contributed by atoms with Crippen molar-refractivity contribution < 1.29 is 0 Å². The normalized spacial score (nSPS) is 12.6. The summed E-state index contributed by atoms with van der Waals surface area (Å²) < 4.78 is 0. The minimum atomic E-state index is 0.242. The lowest BCUT2D eigenvalue weighted by Gasteiger charge is -2.25. The smallest absolute Gasteiger partial charge is 0.123 e. The lowest BCUT2D eigenvalue weighted by Crippen LogP contribution is -2.22. The van der Waals surface area contributed by atoms with Crippen LogP contribution in [0.4, 0.5) is 5.82 Å². The third kappa shape index (κ3) is 3.46. The van der Waals surface area contributed by atoms with Gasteiger partial charge in [-0.05, 0) is 37.2 Å². The number of pyridine rings is 1. The molecule has 0 aliphatic rings. The Balaban J connectivity index is 2.09. The van der Waals surface area contributed by atoms with Crippen molar-refractivity contribution >= 4 is 17.4 Å². The highest BCUT2D eigenvalue weighted by atomic mass is 35.5. The molecule has 0 spiro atoms. The van der Waals surface area contributed by atoms with Gasteiger partial charge < -0.3 is 5.73 Å². The van der Waals surface area contributed by atoms with Crippen LogP contribution in [0.1, 0.15) is 24.1 Å². The standard InChI is InChI=1S/C15H18ClN3/c1-11(13-5-3-4-6-14(13)16)19(2)10-12-7-8-15(17)18-9-12/h3-9,11H,10H2,1-2H3,(H2,17,18). The molecule has 1 atom stereocenters. The Morgan fingerprint density at radius 3 is 2.63 bits per heavy atom. The van der Waals surface area contributed by atoms with Crippen molar-refractivity contribution in [1.29, 1.82) is 0 Å². The predicted octanol–water partition coefficient (Wildman–Crippen LogP) is 3.51. The summed E-state index contributed by atoms with van der Waals surface area (Å²) in [5.74, 6) is 0.547. The molecule has 4 heteroatoms. The molecule has 0 aliphatic heterocycles. The first-order valence-electron chi connectivity index (χ1n) is 6.23. The molecule has 1 aromatic carbocycles. The average molecular weight is 276 g/mol. The first-order chi connectivity index (χ1) is 9.08. The molecule has 2 rings (SSSR count). The summed E-state index contributed by atoms with van der Waals surface area (Å²) >= 11 is 6.23. The van der Waals surface area contributed by atoms with E-state index in [0.717, 1.165) is 22.7 Å². The number of hydrogen-bond acceptors (Lipinski definition) is 3. The zero-order chi connectivity index (χ0) is 13.8. The Morgan fingerprint density at radius 2 is 2.00 bits per heavy atom. The van der Waals surface area contributed by atoms with E-state index in [2.05, 4.69) is 29.9 Å². The Morgan fingerprint density at radius 1 is 1.26 bits per heavy atom. The third-order valence-electron chi connectivity index (χ3n) is 3.30. The molecule has 100 valence electrons. The maximum Gasteiger partial charge on any atom is 0.123 e. The van der Waals surface area contributed by atoms with E-state index in [9.17, 15) is 0 Å². The predicted molar refractivity (Wildman–Crippen MR) is 80.0 cm³/mol. The zero-order valence-electron chi connectivity index (χ0n) is 11.2. The van der Waals surface area contributed by atoms with Crippen LogP contribution in [-0.2, 0) is 6.54 Å². The van der Waals surface area contributed by atoms with Crippen molar-refractivity contribution in [3.05, 3.63) is 58.7 Å². The maximum absolute atomic E-state index is 6.23. The zero-order valence-corrected chi connectivity index (χ0v) is 11.9. The minimum absolute atomic E-state index is 0.242. The molecule has 0 amide bonds. The SMILES string of the molecule is CC(c1ccccc1Cl)N(C)Cc1ccc(N)nc1. The Labute approximate surface area is 119 Å². The van der Waals surface area contributed by atoms with Gasteiger partial charge in [0.25, 0.3) is 0 Å². The van der Waals surface area contributed by atoms with Gasteiger partial charge in [-0.15, -0.1) is 0 Å². The molecule has 0 fully saturated rings. The molecule has 0 saturated carbocycles. The van der Waals surface area contributed by atoms with Crippen LogP contribution >= 0.6 is 11.6 Å². The molecule has 0 bridgehead atoms. The van der Waals surface area contributed by atoms with E-state index in [0.29, 0.717) is 5.82 Å². The third-order valence-corrected chi connectivity index (χ3v) is 3.64. The highest BCUT2D eigenvalue weighted by molar-refractivity contribution is 6.31. The van der Waals surface area contributed by atoms with Crippen molar-refractivity contribution in [2.24, 2.45) is 0 Å². The van der Waals surface area contributed by atoms with E-state index in [1.807, 2.05) is 36.5 Å². The van der Waals surface area contributed by atoms with Gasteiger partial charge in [-0.3, -0.25) is 4.90 Å². The molecule has 3 nitrogen and oxygen atoms in total. The second-order valence-corrected chi connectivity index (χ2v) is 5.11. The fraction of sp³-hybridized carbons (Fsp3) is 0.267. The fourth-order valence-electron chi connectivity index (χ4n) is 2.01. The highest BCUT2D eigenvalue weighted by Crippen LogP contribution is 2.27. The summed E-state index contributed by atoms with van der Waals surface area (Å²) in [4.78, 5) is 6.34. The summed E-state index contributed by atoms with van der Waals surface area (Å²) in [5, 5.41) is 0.803. The summed E-state index contributed by atoms with van der Waals surface area (Å²) in [5.41, 5.74) is 7.86. The number of nitrogens with two attached hydrogens (primary N) is 1. The minimum Gasteiger partial charge on any atom is -0.384 e. The Hall–Kier alpha value is -1.58. The van der Waals surface area contributed by atoms with Crippen LogP contribution in [0.15, 0.2) is 42.6 Å². The maximum atomic E-state index is 6.23. The van der Waals surface area contributed by atoms with Crippen molar-refractivity contribution in [1.82, 2.24) is 9.88 Å². The van der Waals surface area contributed by atoms with E-state index in [1.54, 1.807) is 0 Å². The van der Waals surface area contributed by atoms with Crippen LogP contribution in [0, 0.1) is 0 Å². The second kappa shape index (κ2) is 6.04. The van der Waals surface area contributed by atoms with Gasteiger partial charge in [0, 0.05) is 23.8 Å². The molecule has 1 heterocycles. The summed E-state index contributed by atoms with van der Waals surface area (Å²) in [7, 11) is 2.07. The van der Waals surface area contributed by atoms with Gasteiger partial charge in [0.2, 0.25) is 0 Å². The van der Waals surface area contributed by atoms with Gasteiger partial charge in [-0.2, -0.15) is 0 Å². The summed E-state index contributed by atoms with van der Waals surface area (Å²) in [6, 6.07) is 12.0. The largest absolute Gasteiger partial charge is 0.384 e. The molecule has 0 aliphatic carbocycles. The van der Waals surface area contributed by atoms with E-state index >= 15 is 0 Å². The number of benzene rings is 1. The average Bonchev–Trinajstić information content (AvgIpc) is 2.41. The number of anilines is 1. The van der Waals surface area contributed by atoms with Crippen molar-refractivity contribution in [3.8, 4) is 0 Å². The number of nitrogens with zero attached hydrogens (tertiary/aromatic N) is 2. The molecule has 0 saturated heterocycles. The molecule has 2 N–H and O–H groups in total. The van der Waals surface area contributed by atoms with Crippen LogP contribution in [0.25, 0.3) is 0 Å². The van der Waals surface area contributed by atoms with Crippen LogP contribution in [-0.4, -0.2) is 16.9 Å². The molecular weight excluding hydrogens is 258 g/mol. The van der Waals surface area contributed by atoms with E-state index in [4.69, 9.17) is 17.3 Å². The van der Waals surface area contributed by atoms with Crippen LogP contribution < -0.4 is 5.73 Å². The van der Waals surface area contributed by atoms with Gasteiger partial charge in [0.15, 0.2) is 0 Å². The highest BCUT2D eigenvalue weighted by Gasteiger charge is 2.14. The van der Waals surface area contributed by atoms with Crippen LogP contribution in [0.3, 0.4) is 0 Å². The monoisotopic (exact) mass is 275 g/mol. The molecule has 0 radical (unpaired) electrons. The van der Waals surface area contributed by atoms with E-state index < -0.39 is 0 Å². The topological polar surface area (TPSA) is 42.1 Å². The van der Waals surface area contributed by atoms with Crippen molar-refractivity contribution in [2.45, 2.75) is 19.5 Å². The molecule has 1 unspecified atom stereocenters. The molecule has 19 heavy (non-hydrogen) atoms. The number of halogens is 1. The number of aromatic nitrogens is 1. The van der Waals surface area contributed by atoms with E-state index in [1.165, 1.54) is 0 Å². The molecule has 1 aromatic heterocycles. The number of rotatable bonds is 4. The molecular formula is C15H18ClN3. The first kappa shape index (κ1) is 13.8. The van der Waals surface area contributed by atoms with Gasteiger partial charge in [-0.25, -0.2) is 4.98 Å². The van der Waals surface area contributed by atoms with Gasteiger partial charge in [0.1, 0.15) is 5.82 Å². The fourth-order valence-corrected chi connectivity index (χ4v) is 2.30. The van der Waals surface area contributed by atoms with Crippen molar-refractivity contribution in [3.63, 3.8) is 0 Å². The quantitative estimate of drug-likeness (QED) is 0.928. The van der Waals surface area contributed by atoms with Gasteiger partial charge >= 0.3 is 0 Å². The summed E-state index contributed by atoms with van der Waals surface area (Å²) in [6.07, 6.45) is 1.81. The Kier molecular flexibility index (Phi) is 4.40. The Bertz CT molecular complexity index is 539. The number of hydrogen-bond donors (Lipinski definition) is 1.